The lowest BCUT2D eigenvalue weighted by Crippen LogP contribution is -2.24. The topological polar surface area (TPSA) is 24.9 Å². The second-order valence-electron chi connectivity index (χ2n) is 4.63. The number of hydrogen-bond acceptors (Lipinski definition) is 3. The highest BCUT2D eigenvalue weighted by atomic mass is 32.2. The molecule has 20 heavy (non-hydrogen) atoms. The van der Waals surface area contributed by atoms with E-state index < -0.39 is 0 Å². The van der Waals surface area contributed by atoms with Crippen LogP contribution in [0.4, 0.5) is 0 Å². The molecule has 0 spiro atoms. The highest BCUT2D eigenvalue weighted by molar-refractivity contribution is 7.99. The van der Waals surface area contributed by atoms with Crippen molar-refractivity contribution in [2.75, 3.05) is 18.1 Å². The Hall–Kier alpha value is -1.32. The normalized spacial score (nSPS) is 12.2. The second-order valence-corrected chi connectivity index (χ2v) is 6.02. The molecule has 0 amide bonds. The monoisotopic (exact) mass is 286 g/mol. The van der Waals surface area contributed by atoms with Crippen LogP contribution in [0, 0.1) is 0 Å². The molecular weight excluding hydrogens is 264 g/mol. The Labute approximate surface area is 126 Å². The SMILES string of the molecule is CCSCCCNC(c1ccccc1)c1ccncc1. The summed E-state index contributed by atoms with van der Waals surface area (Å²) < 4.78 is 0. The van der Waals surface area contributed by atoms with Crippen molar-refractivity contribution in [1.82, 2.24) is 10.3 Å². The van der Waals surface area contributed by atoms with Gasteiger partial charge in [-0.1, -0.05) is 37.3 Å². The maximum Gasteiger partial charge on any atom is 0.0577 e. The molecule has 3 heteroatoms. The minimum absolute atomic E-state index is 0.255. The fourth-order valence-electron chi connectivity index (χ4n) is 2.19. The minimum Gasteiger partial charge on any atom is -0.306 e. The summed E-state index contributed by atoms with van der Waals surface area (Å²) in [7, 11) is 0. The van der Waals surface area contributed by atoms with Crippen LogP contribution in [0.2, 0.25) is 0 Å². The Morgan fingerprint density at radius 1 is 1.05 bits per heavy atom. The largest absolute Gasteiger partial charge is 0.306 e. The van der Waals surface area contributed by atoms with Gasteiger partial charge in [-0.3, -0.25) is 4.98 Å². The van der Waals surface area contributed by atoms with Gasteiger partial charge in [-0.15, -0.1) is 0 Å². The van der Waals surface area contributed by atoms with Gasteiger partial charge in [-0.2, -0.15) is 11.8 Å². The van der Waals surface area contributed by atoms with Crippen LogP contribution in [0.1, 0.15) is 30.5 Å². The van der Waals surface area contributed by atoms with Crippen LogP contribution in [0.15, 0.2) is 54.9 Å². The third kappa shape index (κ3) is 4.66. The minimum atomic E-state index is 0.255. The Morgan fingerprint density at radius 3 is 2.45 bits per heavy atom. The van der Waals surface area contributed by atoms with Gasteiger partial charge in [0.05, 0.1) is 6.04 Å². The summed E-state index contributed by atoms with van der Waals surface area (Å²) in [6.45, 7) is 3.25. The van der Waals surface area contributed by atoms with Crippen molar-refractivity contribution in [3.05, 3.63) is 66.0 Å². The molecule has 1 aromatic heterocycles. The van der Waals surface area contributed by atoms with Gasteiger partial charge in [-0.25, -0.2) is 0 Å². The predicted octanol–water partition coefficient (Wildman–Crippen LogP) is 3.90. The van der Waals surface area contributed by atoms with E-state index >= 15 is 0 Å². The van der Waals surface area contributed by atoms with Crippen molar-refractivity contribution in [3.8, 4) is 0 Å². The zero-order valence-electron chi connectivity index (χ0n) is 12.0. The van der Waals surface area contributed by atoms with Crippen LogP contribution in [0.25, 0.3) is 0 Å². The molecule has 0 bridgehead atoms. The van der Waals surface area contributed by atoms with E-state index in [9.17, 15) is 0 Å². The average Bonchev–Trinajstić information content (AvgIpc) is 2.53. The average molecular weight is 286 g/mol. The molecule has 106 valence electrons. The number of thioether (sulfide) groups is 1. The van der Waals surface area contributed by atoms with E-state index in [4.69, 9.17) is 0 Å². The molecule has 1 heterocycles. The van der Waals surface area contributed by atoms with Crippen molar-refractivity contribution in [2.45, 2.75) is 19.4 Å². The summed E-state index contributed by atoms with van der Waals surface area (Å²) in [4.78, 5) is 4.11. The van der Waals surface area contributed by atoms with E-state index in [0.717, 1.165) is 6.54 Å². The summed E-state index contributed by atoms with van der Waals surface area (Å²) in [6, 6.07) is 15.0. The first-order chi connectivity index (χ1) is 9.92. The highest BCUT2D eigenvalue weighted by Crippen LogP contribution is 2.21. The van der Waals surface area contributed by atoms with Crippen LogP contribution in [0.3, 0.4) is 0 Å². The lowest BCUT2D eigenvalue weighted by molar-refractivity contribution is 0.600. The molecule has 2 aromatic rings. The molecule has 1 aromatic carbocycles. The quantitative estimate of drug-likeness (QED) is 0.745. The predicted molar refractivity (Wildman–Crippen MR) is 88.1 cm³/mol. The molecule has 0 saturated carbocycles. The zero-order chi connectivity index (χ0) is 14.0. The number of nitrogens with zero attached hydrogens (tertiary/aromatic N) is 1. The maximum absolute atomic E-state index is 4.11. The molecule has 2 rings (SSSR count). The van der Waals surface area contributed by atoms with Crippen molar-refractivity contribution >= 4 is 11.8 Å². The molecule has 0 fully saturated rings. The van der Waals surface area contributed by atoms with E-state index in [1.807, 2.05) is 24.2 Å². The number of benzene rings is 1. The smallest absolute Gasteiger partial charge is 0.0577 e. The fraction of sp³-hybridized carbons (Fsp3) is 0.353. The number of aromatic nitrogens is 1. The molecular formula is C17H22N2S. The summed E-state index contributed by atoms with van der Waals surface area (Å²) in [6.07, 6.45) is 4.92. The first-order valence-corrected chi connectivity index (χ1v) is 8.33. The van der Waals surface area contributed by atoms with E-state index in [0.29, 0.717) is 0 Å². The lowest BCUT2D eigenvalue weighted by atomic mass is 10.00. The third-order valence-corrected chi connectivity index (χ3v) is 4.18. The summed E-state index contributed by atoms with van der Waals surface area (Å²) >= 11 is 2.00. The zero-order valence-corrected chi connectivity index (χ0v) is 12.8. The maximum atomic E-state index is 4.11. The van der Waals surface area contributed by atoms with Gasteiger partial charge in [0, 0.05) is 12.4 Å². The molecule has 0 saturated heterocycles. The van der Waals surface area contributed by atoms with Crippen molar-refractivity contribution in [1.29, 1.82) is 0 Å². The van der Waals surface area contributed by atoms with E-state index in [2.05, 4.69) is 59.7 Å². The van der Waals surface area contributed by atoms with Crippen LogP contribution in [-0.2, 0) is 0 Å². The van der Waals surface area contributed by atoms with Crippen molar-refractivity contribution in [3.63, 3.8) is 0 Å². The molecule has 2 nitrogen and oxygen atoms in total. The first-order valence-electron chi connectivity index (χ1n) is 7.18. The molecule has 0 aliphatic heterocycles. The number of pyridine rings is 1. The van der Waals surface area contributed by atoms with Crippen molar-refractivity contribution < 1.29 is 0 Å². The van der Waals surface area contributed by atoms with Crippen LogP contribution in [-0.4, -0.2) is 23.0 Å². The molecule has 0 aliphatic rings. The number of nitrogens with one attached hydrogen (secondary N) is 1. The standard InChI is InChI=1S/C17H22N2S/c1-2-20-14-6-11-19-17(15-7-4-3-5-8-15)16-9-12-18-13-10-16/h3-5,7-10,12-13,17,19H,2,6,11,14H2,1H3. The van der Waals surface area contributed by atoms with E-state index in [1.165, 1.54) is 29.1 Å². The molecule has 0 aliphatic carbocycles. The van der Waals surface area contributed by atoms with E-state index in [1.54, 1.807) is 0 Å². The Bertz CT molecular complexity index is 433. The van der Waals surface area contributed by atoms with Gasteiger partial charge in [0.2, 0.25) is 0 Å². The summed E-state index contributed by atoms with van der Waals surface area (Å²) in [5.74, 6) is 2.42. The summed E-state index contributed by atoms with van der Waals surface area (Å²) in [5.41, 5.74) is 2.58. The van der Waals surface area contributed by atoms with Gasteiger partial charge >= 0.3 is 0 Å². The Kier molecular flexibility index (Phi) is 6.61. The van der Waals surface area contributed by atoms with Crippen LogP contribution in [0.5, 0.6) is 0 Å². The lowest BCUT2D eigenvalue weighted by Gasteiger charge is -2.19. The van der Waals surface area contributed by atoms with Gasteiger partial charge in [-0.05, 0) is 47.7 Å². The van der Waals surface area contributed by atoms with Crippen LogP contribution >= 0.6 is 11.8 Å². The molecule has 1 atom stereocenters. The fourth-order valence-corrected chi connectivity index (χ4v) is 2.83. The van der Waals surface area contributed by atoms with Crippen molar-refractivity contribution in [2.24, 2.45) is 0 Å². The Balaban J connectivity index is 2.02. The highest BCUT2D eigenvalue weighted by Gasteiger charge is 2.12. The molecule has 1 N–H and O–H groups in total. The number of rotatable bonds is 8. The van der Waals surface area contributed by atoms with Gasteiger partial charge in [0.1, 0.15) is 0 Å². The number of hydrogen-bond donors (Lipinski definition) is 1. The second kappa shape index (κ2) is 8.77. The van der Waals surface area contributed by atoms with Crippen LogP contribution < -0.4 is 5.32 Å². The van der Waals surface area contributed by atoms with E-state index in [-0.39, 0.29) is 6.04 Å². The molecule has 1 unspecified atom stereocenters. The van der Waals surface area contributed by atoms with Gasteiger partial charge in [0.15, 0.2) is 0 Å². The van der Waals surface area contributed by atoms with Gasteiger partial charge < -0.3 is 5.32 Å². The third-order valence-electron chi connectivity index (χ3n) is 3.19. The first kappa shape index (κ1) is 15.1. The molecule has 0 radical (unpaired) electrons. The van der Waals surface area contributed by atoms with Gasteiger partial charge in [0.25, 0.3) is 0 Å². The summed E-state index contributed by atoms with van der Waals surface area (Å²) in [5, 5.41) is 3.67. The Morgan fingerprint density at radius 2 is 1.75 bits per heavy atom.